The summed E-state index contributed by atoms with van der Waals surface area (Å²) in [4.78, 5) is 12.2. The zero-order chi connectivity index (χ0) is 24.2. The number of halogens is 3. The first-order chi connectivity index (χ1) is 15.5. The number of aliphatic carboxylic acids is 1. The molecule has 0 aliphatic heterocycles. The average Bonchev–Trinajstić information content (AvgIpc) is 3.12. The molecule has 1 N–H and O–H groups in total. The van der Waals surface area contributed by atoms with Gasteiger partial charge in [-0.25, -0.2) is 4.79 Å². The van der Waals surface area contributed by atoms with Gasteiger partial charge in [-0.05, 0) is 87.4 Å². The van der Waals surface area contributed by atoms with Gasteiger partial charge in [-0.1, -0.05) is 12.1 Å². The summed E-state index contributed by atoms with van der Waals surface area (Å²) in [5.74, 6) is 1.65. The molecular formula is C25H25F3O4S. The maximum atomic E-state index is 12.7. The molecule has 0 unspecified atom stereocenters. The third-order valence-corrected chi connectivity index (χ3v) is 6.19. The van der Waals surface area contributed by atoms with Crippen molar-refractivity contribution in [3.8, 4) is 17.1 Å². The zero-order valence-corrected chi connectivity index (χ0v) is 19.3. The van der Waals surface area contributed by atoms with Gasteiger partial charge in [0.1, 0.15) is 17.3 Å². The van der Waals surface area contributed by atoms with Crippen molar-refractivity contribution in [1.29, 1.82) is 0 Å². The van der Waals surface area contributed by atoms with E-state index in [0.29, 0.717) is 17.1 Å². The van der Waals surface area contributed by atoms with Gasteiger partial charge in [-0.3, -0.25) is 0 Å². The van der Waals surface area contributed by atoms with Gasteiger partial charge in [0.2, 0.25) is 0 Å². The van der Waals surface area contributed by atoms with Gasteiger partial charge in [-0.2, -0.15) is 13.2 Å². The maximum absolute atomic E-state index is 12.7. The summed E-state index contributed by atoms with van der Waals surface area (Å²) < 4.78 is 49.5. The van der Waals surface area contributed by atoms with Crippen LogP contribution in [0.4, 0.5) is 13.2 Å². The van der Waals surface area contributed by atoms with Crippen molar-refractivity contribution in [3.05, 3.63) is 71.5 Å². The van der Waals surface area contributed by atoms with E-state index >= 15 is 0 Å². The number of carboxylic acids is 1. The SMILES string of the molecule is Cc1oc(-c2ccc(C(F)(F)F)cc2)cc1CCCSc1ccc(OC(C)(C)C(=O)O)cc1. The van der Waals surface area contributed by atoms with E-state index < -0.39 is 23.3 Å². The highest BCUT2D eigenvalue weighted by Crippen LogP contribution is 2.32. The van der Waals surface area contributed by atoms with Gasteiger partial charge in [0.25, 0.3) is 0 Å². The van der Waals surface area contributed by atoms with Gasteiger partial charge in [-0.15, -0.1) is 11.8 Å². The molecule has 1 heterocycles. The van der Waals surface area contributed by atoms with Crippen molar-refractivity contribution in [2.24, 2.45) is 0 Å². The van der Waals surface area contributed by atoms with Gasteiger partial charge >= 0.3 is 12.1 Å². The molecule has 0 aliphatic carbocycles. The molecule has 0 fully saturated rings. The molecule has 0 saturated heterocycles. The Morgan fingerprint density at radius 1 is 1.06 bits per heavy atom. The summed E-state index contributed by atoms with van der Waals surface area (Å²) in [6, 6.07) is 14.1. The molecule has 2 aromatic carbocycles. The molecule has 1 aromatic heterocycles. The van der Waals surface area contributed by atoms with Gasteiger partial charge in [0, 0.05) is 10.5 Å². The third-order valence-electron chi connectivity index (χ3n) is 5.09. The van der Waals surface area contributed by atoms with E-state index in [4.69, 9.17) is 14.3 Å². The van der Waals surface area contributed by atoms with Crippen LogP contribution in [-0.2, 0) is 17.4 Å². The summed E-state index contributed by atoms with van der Waals surface area (Å²) in [5.41, 5.74) is -0.335. The van der Waals surface area contributed by atoms with E-state index in [0.717, 1.165) is 46.9 Å². The monoisotopic (exact) mass is 478 g/mol. The Morgan fingerprint density at radius 3 is 2.27 bits per heavy atom. The van der Waals surface area contributed by atoms with Gasteiger partial charge in [0.05, 0.1) is 5.56 Å². The summed E-state index contributed by atoms with van der Waals surface area (Å²) in [7, 11) is 0. The molecule has 3 rings (SSSR count). The quantitative estimate of drug-likeness (QED) is 0.259. The normalized spacial score (nSPS) is 12.1. The summed E-state index contributed by atoms with van der Waals surface area (Å²) >= 11 is 1.68. The van der Waals surface area contributed by atoms with Gasteiger partial charge < -0.3 is 14.3 Å². The fourth-order valence-electron chi connectivity index (χ4n) is 3.13. The molecule has 0 aliphatic rings. The second kappa shape index (κ2) is 9.95. The van der Waals surface area contributed by atoms with Crippen LogP contribution < -0.4 is 4.74 Å². The van der Waals surface area contributed by atoms with Crippen molar-refractivity contribution in [2.45, 2.75) is 50.3 Å². The lowest BCUT2D eigenvalue weighted by atomic mass is 10.1. The lowest BCUT2D eigenvalue weighted by Crippen LogP contribution is -2.37. The Bertz CT molecular complexity index is 1080. The molecule has 0 spiro atoms. The average molecular weight is 479 g/mol. The minimum absolute atomic E-state index is 0.497. The number of rotatable bonds is 9. The van der Waals surface area contributed by atoms with Crippen molar-refractivity contribution >= 4 is 17.7 Å². The first-order valence-electron chi connectivity index (χ1n) is 10.4. The number of thioether (sulfide) groups is 1. The zero-order valence-electron chi connectivity index (χ0n) is 18.5. The molecular weight excluding hydrogens is 453 g/mol. The van der Waals surface area contributed by atoms with Crippen LogP contribution in [0.15, 0.2) is 63.9 Å². The number of ether oxygens (including phenoxy) is 1. The predicted molar refractivity (Wildman–Crippen MR) is 122 cm³/mol. The Morgan fingerprint density at radius 2 is 1.70 bits per heavy atom. The summed E-state index contributed by atoms with van der Waals surface area (Å²) in [6.07, 6.45) is -2.68. The van der Waals surface area contributed by atoms with Crippen molar-refractivity contribution in [1.82, 2.24) is 0 Å². The van der Waals surface area contributed by atoms with Crippen LogP contribution in [0.5, 0.6) is 5.75 Å². The first-order valence-corrected chi connectivity index (χ1v) is 11.4. The maximum Gasteiger partial charge on any atom is 0.416 e. The van der Waals surface area contributed by atoms with Gasteiger partial charge in [0.15, 0.2) is 5.60 Å². The third kappa shape index (κ3) is 6.57. The molecule has 176 valence electrons. The van der Waals surface area contributed by atoms with Crippen molar-refractivity contribution in [3.63, 3.8) is 0 Å². The van der Waals surface area contributed by atoms with E-state index in [1.165, 1.54) is 26.0 Å². The van der Waals surface area contributed by atoms with Crippen LogP contribution >= 0.6 is 11.8 Å². The highest BCUT2D eigenvalue weighted by Gasteiger charge is 2.30. The molecule has 0 radical (unpaired) electrons. The molecule has 0 atom stereocenters. The highest BCUT2D eigenvalue weighted by molar-refractivity contribution is 7.99. The van der Waals surface area contributed by atoms with E-state index in [1.54, 1.807) is 23.9 Å². The van der Waals surface area contributed by atoms with E-state index in [-0.39, 0.29) is 0 Å². The van der Waals surface area contributed by atoms with Crippen LogP contribution in [0, 0.1) is 6.92 Å². The van der Waals surface area contributed by atoms with Crippen molar-refractivity contribution < 1.29 is 32.2 Å². The number of furan rings is 1. The smallest absolute Gasteiger partial charge is 0.416 e. The number of hydrogen-bond donors (Lipinski definition) is 1. The molecule has 8 heteroatoms. The lowest BCUT2D eigenvalue weighted by molar-refractivity contribution is -0.152. The first kappa shape index (κ1) is 24.8. The van der Waals surface area contributed by atoms with Crippen molar-refractivity contribution in [2.75, 3.05) is 5.75 Å². The summed E-state index contributed by atoms with van der Waals surface area (Å²) in [6.45, 7) is 4.85. The topological polar surface area (TPSA) is 59.7 Å². The van der Waals surface area contributed by atoms with Crippen LogP contribution in [0.2, 0.25) is 0 Å². The van der Waals surface area contributed by atoms with E-state index in [1.807, 2.05) is 25.1 Å². The highest BCUT2D eigenvalue weighted by atomic mass is 32.2. The molecule has 3 aromatic rings. The van der Waals surface area contributed by atoms with E-state index in [2.05, 4.69) is 0 Å². The number of aryl methyl sites for hydroxylation is 2. The Kier molecular flexibility index (Phi) is 7.47. The molecule has 4 nitrogen and oxygen atoms in total. The Labute approximate surface area is 194 Å². The second-order valence-corrected chi connectivity index (χ2v) is 9.28. The number of benzene rings is 2. The lowest BCUT2D eigenvalue weighted by Gasteiger charge is -2.21. The minimum Gasteiger partial charge on any atom is -0.478 e. The second-order valence-electron chi connectivity index (χ2n) is 8.11. The van der Waals surface area contributed by atoms with Crippen LogP contribution in [0.25, 0.3) is 11.3 Å². The molecule has 0 amide bonds. The fourth-order valence-corrected chi connectivity index (χ4v) is 3.98. The molecule has 33 heavy (non-hydrogen) atoms. The Hall–Kier alpha value is -2.87. The number of alkyl halides is 3. The largest absolute Gasteiger partial charge is 0.478 e. The number of carbonyl (C=O) groups is 1. The number of carboxylic acid groups (broad SMARTS) is 1. The van der Waals surface area contributed by atoms with E-state index in [9.17, 15) is 18.0 Å². The minimum atomic E-state index is -4.36. The van der Waals surface area contributed by atoms with Crippen LogP contribution in [0.3, 0.4) is 0 Å². The predicted octanol–water partition coefficient (Wildman–Crippen LogP) is 7.24. The Balaban J connectivity index is 1.51. The van der Waals surface area contributed by atoms with Crippen LogP contribution in [-0.4, -0.2) is 22.4 Å². The fraction of sp³-hybridized carbons (Fsp3) is 0.320. The standard InChI is InChI=1S/C25H25F3O4S/c1-16-18(15-22(31-16)17-6-8-19(9-7-17)25(26,27)28)5-4-14-33-21-12-10-20(11-13-21)32-24(2,3)23(29)30/h6-13,15H,4-5,14H2,1-3H3,(H,29,30). The van der Waals surface area contributed by atoms with Crippen LogP contribution in [0.1, 0.15) is 37.2 Å². The number of hydrogen-bond acceptors (Lipinski definition) is 4. The molecule has 0 bridgehead atoms. The molecule has 0 saturated carbocycles. The summed E-state index contributed by atoms with van der Waals surface area (Å²) in [5, 5.41) is 9.14.